The van der Waals surface area contributed by atoms with E-state index in [2.05, 4.69) is 0 Å². The number of para-hydroxylation sites is 1. The fraction of sp³-hybridized carbons (Fsp3) is 0.273. The molecule has 1 heterocycles. The van der Waals surface area contributed by atoms with E-state index >= 15 is 0 Å². The number of furan rings is 1. The van der Waals surface area contributed by atoms with Gasteiger partial charge in [0.15, 0.2) is 0 Å². The van der Waals surface area contributed by atoms with Crippen LogP contribution < -0.4 is 5.73 Å². The van der Waals surface area contributed by atoms with Crippen LogP contribution in [0, 0.1) is 0 Å². The van der Waals surface area contributed by atoms with E-state index in [9.17, 15) is 0 Å². The summed E-state index contributed by atoms with van der Waals surface area (Å²) in [4.78, 5) is 0. The Bertz CT molecular complexity index is 385. The average molecular weight is 191 g/mol. The van der Waals surface area contributed by atoms with Crippen LogP contribution in [0.25, 0.3) is 11.0 Å². The highest BCUT2D eigenvalue weighted by molar-refractivity contribution is 5.77. The maximum atomic E-state index is 5.61. The summed E-state index contributed by atoms with van der Waals surface area (Å²) < 4.78 is 10.8. The first-order valence-electron chi connectivity index (χ1n) is 4.56. The van der Waals surface area contributed by atoms with E-state index in [4.69, 9.17) is 14.9 Å². The van der Waals surface area contributed by atoms with Crippen molar-refractivity contribution < 1.29 is 9.15 Å². The minimum Gasteiger partial charge on any atom is -0.458 e. The molecule has 2 N–H and O–H groups in total. The highest BCUT2D eigenvalue weighted by Gasteiger charge is 2.13. The van der Waals surface area contributed by atoms with Crippen LogP contribution >= 0.6 is 0 Å². The van der Waals surface area contributed by atoms with E-state index in [0.29, 0.717) is 6.54 Å². The summed E-state index contributed by atoms with van der Waals surface area (Å²) in [5, 5.41) is 1.08. The van der Waals surface area contributed by atoms with Gasteiger partial charge in [-0.25, -0.2) is 0 Å². The number of methoxy groups -OCH3 is 1. The molecule has 1 aromatic heterocycles. The Morgan fingerprint density at radius 1 is 1.43 bits per heavy atom. The highest BCUT2D eigenvalue weighted by atomic mass is 16.5. The van der Waals surface area contributed by atoms with Crippen molar-refractivity contribution >= 4 is 11.0 Å². The number of hydrogen-bond donors (Lipinski definition) is 1. The number of nitrogens with two attached hydrogens (primary N) is 1. The third-order valence-corrected chi connectivity index (χ3v) is 2.26. The molecule has 0 unspecified atom stereocenters. The lowest BCUT2D eigenvalue weighted by Crippen LogP contribution is -2.13. The van der Waals surface area contributed by atoms with E-state index in [1.54, 1.807) is 7.11 Å². The zero-order valence-corrected chi connectivity index (χ0v) is 8.07. The lowest BCUT2D eigenvalue weighted by atomic mass is 10.2. The zero-order valence-electron chi connectivity index (χ0n) is 8.07. The quantitative estimate of drug-likeness (QED) is 0.808. The van der Waals surface area contributed by atoms with Crippen molar-refractivity contribution in [1.82, 2.24) is 0 Å². The monoisotopic (exact) mass is 191 g/mol. The molecule has 0 spiro atoms. The molecule has 1 atom stereocenters. The zero-order chi connectivity index (χ0) is 9.97. The standard InChI is InChI=1S/C11H13NO2/c1-13-11(7-12)10-6-8-4-2-3-5-9(8)14-10/h2-6,11H,7,12H2,1H3/t11-/m1/s1. The van der Waals surface area contributed by atoms with Gasteiger partial charge in [-0.3, -0.25) is 0 Å². The minimum absolute atomic E-state index is 0.151. The number of hydrogen-bond acceptors (Lipinski definition) is 3. The largest absolute Gasteiger partial charge is 0.458 e. The van der Waals surface area contributed by atoms with Gasteiger partial charge in [0.1, 0.15) is 17.4 Å². The molecule has 3 nitrogen and oxygen atoms in total. The van der Waals surface area contributed by atoms with E-state index in [0.717, 1.165) is 16.7 Å². The Hall–Kier alpha value is -1.32. The number of ether oxygens (including phenoxy) is 1. The van der Waals surface area contributed by atoms with Gasteiger partial charge < -0.3 is 14.9 Å². The summed E-state index contributed by atoms with van der Waals surface area (Å²) in [5.41, 5.74) is 6.43. The summed E-state index contributed by atoms with van der Waals surface area (Å²) >= 11 is 0. The van der Waals surface area contributed by atoms with Crippen LogP contribution in [0.15, 0.2) is 34.7 Å². The van der Waals surface area contributed by atoms with Gasteiger partial charge in [-0.1, -0.05) is 18.2 Å². The first kappa shape index (κ1) is 9.24. The van der Waals surface area contributed by atoms with Crippen molar-refractivity contribution in [2.75, 3.05) is 13.7 Å². The molecule has 74 valence electrons. The first-order chi connectivity index (χ1) is 6.85. The molecule has 0 amide bonds. The summed E-state index contributed by atoms with van der Waals surface area (Å²) in [6.45, 7) is 0.427. The van der Waals surface area contributed by atoms with Gasteiger partial charge in [-0.05, 0) is 12.1 Å². The van der Waals surface area contributed by atoms with Gasteiger partial charge in [-0.2, -0.15) is 0 Å². The van der Waals surface area contributed by atoms with Crippen molar-refractivity contribution in [2.45, 2.75) is 6.10 Å². The summed E-state index contributed by atoms with van der Waals surface area (Å²) in [6.07, 6.45) is -0.151. The third kappa shape index (κ3) is 1.52. The topological polar surface area (TPSA) is 48.4 Å². The molecular formula is C11H13NO2. The third-order valence-electron chi connectivity index (χ3n) is 2.26. The number of rotatable bonds is 3. The molecule has 0 saturated carbocycles. The summed E-state index contributed by atoms with van der Waals surface area (Å²) in [7, 11) is 1.63. The fourth-order valence-electron chi connectivity index (χ4n) is 1.49. The molecule has 3 heteroatoms. The van der Waals surface area contributed by atoms with Crippen LogP contribution in [0.3, 0.4) is 0 Å². The molecule has 0 aliphatic rings. The van der Waals surface area contributed by atoms with Crippen LogP contribution in [0.4, 0.5) is 0 Å². The van der Waals surface area contributed by atoms with Crippen molar-refractivity contribution in [3.8, 4) is 0 Å². The predicted molar refractivity (Wildman–Crippen MR) is 55.0 cm³/mol. The lowest BCUT2D eigenvalue weighted by Gasteiger charge is -2.08. The lowest BCUT2D eigenvalue weighted by molar-refractivity contribution is 0.0924. The summed E-state index contributed by atoms with van der Waals surface area (Å²) in [6, 6.07) is 9.83. The predicted octanol–water partition coefficient (Wildman–Crippen LogP) is 2.08. The number of benzene rings is 1. The molecule has 0 aliphatic heterocycles. The Morgan fingerprint density at radius 3 is 2.86 bits per heavy atom. The van der Waals surface area contributed by atoms with E-state index < -0.39 is 0 Å². The second-order valence-corrected chi connectivity index (χ2v) is 3.15. The van der Waals surface area contributed by atoms with Gasteiger partial charge in [0.05, 0.1) is 0 Å². The van der Waals surface area contributed by atoms with Crippen molar-refractivity contribution in [1.29, 1.82) is 0 Å². The maximum Gasteiger partial charge on any atom is 0.135 e. The van der Waals surface area contributed by atoms with Gasteiger partial charge >= 0.3 is 0 Å². The smallest absolute Gasteiger partial charge is 0.135 e. The SMILES string of the molecule is CO[C@H](CN)c1cc2ccccc2o1. The minimum atomic E-state index is -0.151. The molecule has 0 saturated heterocycles. The molecule has 0 aliphatic carbocycles. The van der Waals surface area contributed by atoms with Crippen molar-refractivity contribution in [2.24, 2.45) is 5.73 Å². The highest BCUT2D eigenvalue weighted by Crippen LogP contribution is 2.24. The van der Waals surface area contributed by atoms with E-state index in [1.807, 2.05) is 30.3 Å². The number of fused-ring (bicyclic) bond motifs is 1. The first-order valence-corrected chi connectivity index (χ1v) is 4.56. The van der Waals surface area contributed by atoms with Crippen LogP contribution in [-0.4, -0.2) is 13.7 Å². The van der Waals surface area contributed by atoms with E-state index in [1.165, 1.54) is 0 Å². The Labute approximate surface area is 82.5 Å². The van der Waals surface area contributed by atoms with Gasteiger partial charge in [0, 0.05) is 19.0 Å². The molecule has 0 fully saturated rings. The second-order valence-electron chi connectivity index (χ2n) is 3.15. The molecule has 1 aromatic carbocycles. The van der Waals surface area contributed by atoms with Gasteiger partial charge in [0.2, 0.25) is 0 Å². The Kier molecular flexibility index (Phi) is 2.52. The molecule has 2 aromatic rings. The van der Waals surface area contributed by atoms with Crippen LogP contribution in [0.2, 0.25) is 0 Å². The van der Waals surface area contributed by atoms with Crippen molar-refractivity contribution in [3.63, 3.8) is 0 Å². The molecular weight excluding hydrogens is 178 g/mol. The molecule has 2 rings (SSSR count). The Balaban J connectivity index is 2.43. The summed E-state index contributed by atoms with van der Waals surface area (Å²) in [5.74, 6) is 0.788. The van der Waals surface area contributed by atoms with Crippen LogP contribution in [-0.2, 0) is 4.74 Å². The molecule has 0 bridgehead atoms. The molecule has 0 radical (unpaired) electrons. The normalized spacial score (nSPS) is 13.3. The van der Waals surface area contributed by atoms with Crippen LogP contribution in [0.1, 0.15) is 11.9 Å². The maximum absolute atomic E-state index is 5.61. The average Bonchev–Trinajstić information content (AvgIpc) is 2.63. The van der Waals surface area contributed by atoms with Gasteiger partial charge in [-0.15, -0.1) is 0 Å². The van der Waals surface area contributed by atoms with E-state index in [-0.39, 0.29) is 6.10 Å². The Morgan fingerprint density at radius 2 is 2.21 bits per heavy atom. The molecule has 14 heavy (non-hydrogen) atoms. The van der Waals surface area contributed by atoms with Gasteiger partial charge in [0.25, 0.3) is 0 Å². The fourth-order valence-corrected chi connectivity index (χ4v) is 1.49. The van der Waals surface area contributed by atoms with Crippen molar-refractivity contribution in [3.05, 3.63) is 36.1 Å². The second kappa shape index (κ2) is 3.82. The van der Waals surface area contributed by atoms with Crippen LogP contribution in [0.5, 0.6) is 0 Å².